The van der Waals surface area contributed by atoms with Crippen LogP contribution in [0.1, 0.15) is 64.4 Å². The number of aliphatic imine (C=N–C) groups is 1. The van der Waals surface area contributed by atoms with E-state index in [1.54, 1.807) is 19.2 Å². The summed E-state index contributed by atoms with van der Waals surface area (Å²) in [5, 5.41) is 33.5. The Hall–Kier alpha value is -2.49. The molecule has 2 aliphatic rings. The van der Waals surface area contributed by atoms with Crippen LogP contribution < -0.4 is 15.8 Å². The molecule has 3 rings (SSSR count). The van der Waals surface area contributed by atoms with Crippen molar-refractivity contribution in [1.29, 1.82) is 0 Å². The van der Waals surface area contributed by atoms with Crippen LogP contribution in [0.4, 0.5) is 0 Å². The largest absolute Gasteiger partial charge is 0.504 e. The molecule has 0 spiro atoms. The number of rotatable bonds is 19. The zero-order valence-corrected chi connectivity index (χ0v) is 23.6. The monoisotopic (exact) mass is 542 g/mol. The van der Waals surface area contributed by atoms with Crippen molar-refractivity contribution in [1.82, 2.24) is 5.32 Å². The summed E-state index contributed by atoms with van der Waals surface area (Å²) in [6.07, 6.45) is 16.8. The number of aliphatic hydroxyl groups excluding tert-OH is 2. The predicted octanol–water partition coefficient (Wildman–Crippen LogP) is 3.51. The van der Waals surface area contributed by atoms with Crippen LogP contribution in [0.2, 0.25) is 0 Å². The molecule has 1 aromatic rings. The first-order chi connectivity index (χ1) is 18.9. The molecule has 0 saturated carbocycles. The maximum atomic E-state index is 10.6. The molecule has 0 aromatic heterocycles. The molecule has 0 amide bonds. The molecule has 8 nitrogen and oxygen atoms in total. The van der Waals surface area contributed by atoms with Gasteiger partial charge in [-0.3, -0.25) is 0 Å². The third-order valence-electron chi connectivity index (χ3n) is 7.12. The van der Waals surface area contributed by atoms with Gasteiger partial charge in [0.2, 0.25) is 0 Å². The zero-order chi connectivity index (χ0) is 28.0. The van der Waals surface area contributed by atoms with Gasteiger partial charge < -0.3 is 35.8 Å². The van der Waals surface area contributed by atoms with Gasteiger partial charge in [0.25, 0.3) is 0 Å². The van der Waals surface area contributed by atoms with Gasteiger partial charge in [0.05, 0.1) is 24.2 Å². The van der Waals surface area contributed by atoms with Gasteiger partial charge in [-0.1, -0.05) is 25.3 Å². The Morgan fingerprint density at radius 2 is 1.95 bits per heavy atom. The van der Waals surface area contributed by atoms with Crippen LogP contribution in [0, 0.1) is 18.1 Å². The van der Waals surface area contributed by atoms with Gasteiger partial charge in [0, 0.05) is 19.5 Å². The normalized spacial score (nSPS) is 19.0. The van der Waals surface area contributed by atoms with Gasteiger partial charge in [-0.15, -0.1) is 17.1 Å². The Morgan fingerprint density at radius 3 is 2.74 bits per heavy atom. The van der Waals surface area contributed by atoms with E-state index in [1.807, 2.05) is 18.2 Å². The van der Waals surface area contributed by atoms with Crippen LogP contribution in [-0.2, 0) is 6.42 Å². The third kappa shape index (κ3) is 10.9. The highest BCUT2D eigenvalue weighted by atomic mass is 16.5. The van der Waals surface area contributed by atoms with Gasteiger partial charge in [-0.05, 0) is 63.8 Å². The Labute approximate surface area is 234 Å². The summed E-state index contributed by atoms with van der Waals surface area (Å²) >= 11 is 0. The van der Waals surface area contributed by atoms with E-state index in [9.17, 15) is 15.3 Å². The highest BCUT2D eigenvalue weighted by Gasteiger charge is 2.31. The van der Waals surface area contributed by atoms with Crippen LogP contribution in [0.15, 0.2) is 47.0 Å². The molecule has 8 heteroatoms. The van der Waals surface area contributed by atoms with Crippen LogP contribution in [0.25, 0.3) is 0 Å². The second-order valence-electron chi connectivity index (χ2n) is 10.8. The van der Waals surface area contributed by atoms with Crippen molar-refractivity contribution >= 4 is 6.21 Å². The van der Waals surface area contributed by atoms with E-state index < -0.39 is 12.2 Å². The number of hydrogen-bond acceptors (Lipinski definition) is 7. The first-order valence-corrected chi connectivity index (χ1v) is 14.4. The molecule has 0 bridgehead atoms. The molecule has 2 heterocycles. The molecule has 0 fully saturated rings. The number of aromatic hydroxyl groups is 1. The summed E-state index contributed by atoms with van der Waals surface area (Å²) in [7, 11) is 0. The lowest BCUT2D eigenvalue weighted by atomic mass is 10.0. The fourth-order valence-electron chi connectivity index (χ4n) is 4.69. The van der Waals surface area contributed by atoms with Gasteiger partial charge >= 0.3 is 0 Å². The summed E-state index contributed by atoms with van der Waals surface area (Å²) in [5.74, 6) is 0.592. The van der Waals surface area contributed by atoms with E-state index in [0.717, 1.165) is 49.5 Å². The minimum Gasteiger partial charge on any atom is -0.504 e. The quantitative estimate of drug-likeness (QED) is 0.103. The van der Waals surface area contributed by atoms with Gasteiger partial charge in [-0.2, -0.15) is 0 Å². The Balaban J connectivity index is 1.38. The summed E-state index contributed by atoms with van der Waals surface area (Å²) < 4.78 is 10.6. The number of ether oxygens (including phenoxy) is 2. The Kier molecular flexibility index (Phi) is 13.2. The Morgan fingerprint density at radius 1 is 1.15 bits per heavy atom. The summed E-state index contributed by atoms with van der Waals surface area (Å²) in [6, 6.07) is 5.91. The van der Waals surface area contributed by atoms with Crippen molar-refractivity contribution in [3.05, 3.63) is 59.7 Å². The fraction of sp³-hybridized carbons (Fsp3) is 0.581. The van der Waals surface area contributed by atoms with Crippen LogP contribution in [0.3, 0.4) is 0 Å². The third-order valence-corrected chi connectivity index (χ3v) is 7.12. The van der Waals surface area contributed by atoms with Crippen LogP contribution >= 0.6 is 0 Å². The highest BCUT2D eigenvalue weighted by molar-refractivity contribution is 5.84. The molecule has 0 aliphatic carbocycles. The number of nitrogens with two attached hydrogens (primary N) is 1. The number of aliphatic hydroxyl groups is 4. The highest BCUT2D eigenvalue weighted by Crippen LogP contribution is 2.30. The lowest BCUT2D eigenvalue weighted by Gasteiger charge is -2.18. The smallest absolute Gasteiger partial charge is 0.181 e. The molecule has 1 aromatic carbocycles. The maximum Gasteiger partial charge on any atom is 0.181 e. The van der Waals surface area contributed by atoms with Crippen molar-refractivity contribution in [2.24, 2.45) is 16.6 Å². The molecule has 0 saturated heterocycles. The van der Waals surface area contributed by atoms with Crippen molar-refractivity contribution in [2.75, 3.05) is 26.2 Å². The standard InChI is InChI=1S/C31H47N3O5/c1-22(18-33-19-23(2)35)25-17-28(34-20-25)30(37)21-38-31-16-24(10-14-29(31)36)9-11-27-13-12-26(39-27)8-6-4-3-5-7-15-32/h10,12-14,16-17,20,22-23,26,30,33,35,37,39H,3-9,11,15,18-19,21,32H2,1-2H3/p+1/t22-,23-,26?,30-/m0/s1. The van der Waals surface area contributed by atoms with Crippen molar-refractivity contribution < 1.29 is 24.8 Å². The molecule has 7 N–H and O–H groups in total. The van der Waals surface area contributed by atoms with Crippen molar-refractivity contribution in [2.45, 2.75) is 83.5 Å². The van der Waals surface area contributed by atoms with Crippen molar-refractivity contribution in [3.8, 4) is 11.5 Å². The zero-order valence-electron chi connectivity index (χ0n) is 23.6. The van der Waals surface area contributed by atoms with E-state index in [-0.39, 0.29) is 18.3 Å². The average Bonchev–Trinajstić information content (AvgIpc) is 3.59. The van der Waals surface area contributed by atoms with Gasteiger partial charge in [-0.25, -0.2) is 0 Å². The summed E-state index contributed by atoms with van der Waals surface area (Å²) in [4.78, 5) is 4.35. The number of hydrogen-bond donors (Lipinski definition) is 5. The number of benzene rings is 1. The summed E-state index contributed by atoms with van der Waals surface area (Å²) in [6.45, 7) is 5.84. The van der Waals surface area contributed by atoms with E-state index in [4.69, 9.17) is 15.2 Å². The topological polar surface area (TPSA) is 133 Å². The van der Waals surface area contributed by atoms with E-state index in [0.29, 0.717) is 31.0 Å². The van der Waals surface area contributed by atoms with Crippen molar-refractivity contribution in [3.63, 3.8) is 0 Å². The molecule has 2 aliphatic heterocycles. The second-order valence-corrected chi connectivity index (χ2v) is 10.8. The first kappa shape index (κ1) is 31.0. The fourth-order valence-corrected chi connectivity index (χ4v) is 4.69. The number of unbranched alkanes of at least 4 members (excludes halogenated alkanes) is 4. The average molecular weight is 543 g/mol. The molecule has 216 valence electrons. The van der Waals surface area contributed by atoms with E-state index >= 15 is 0 Å². The van der Waals surface area contributed by atoms with Crippen LogP contribution in [0.5, 0.6) is 11.5 Å². The van der Waals surface area contributed by atoms with E-state index in [1.165, 1.54) is 25.7 Å². The minimum atomic E-state index is -0.907. The Bertz CT molecular complexity index is 948. The molecular formula is C31H48N3O5+. The number of nitrogens with zero attached hydrogens (tertiary/aromatic N) is 1. The first-order valence-electron chi connectivity index (χ1n) is 14.4. The SMILES string of the molecule is C[C@H](O)CNC[C@H](C)C1=C[C+]([C@@H](O)COc2cc(CC[C-]3C=CC(CCCCCCCN)[OH+]3)ccc2O)N=C1. The van der Waals surface area contributed by atoms with Crippen LogP contribution in [-0.4, -0.2) is 70.8 Å². The second kappa shape index (κ2) is 16.6. The lowest BCUT2D eigenvalue weighted by molar-refractivity contribution is -0.0482. The molecule has 0 radical (unpaired) electrons. The maximum absolute atomic E-state index is 10.6. The molecular weight excluding hydrogens is 494 g/mol. The number of nitrogens with one attached hydrogen (secondary N) is 1. The molecule has 1 unspecified atom stereocenters. The number of aryl methyl sites for hydroxylation is 1. The van der Waals surface area contributed by atoms with Gasteiger partial charge in [0.15, 0.2) is 29.9 Å². The summed E-state index contributed by atoms with van der Waals surface area (Å²) in [5.41, 5.74) is 7.61. The van der Waals surface area contributed by atoms with Gasteiger partial charge in [0.1, 0.15) is 18.3 Å². The van der Waals surface area contributed by atoms with E-state index in [2.05, 4.69) is 29.4 Å². The predicted molar refractivity (Wildman–Crippen MR) is 157 cm³/mol. The number of phenolic OH excluding ortho intramolecular Hbond substituents is 1. The number of phenols is 1. The molecule has 4 atom stereocenters. The lowest BCUT2D eigenvalue weighted by Crippen LogP contribution is -2.29. The minimum absolute atomic E-state index is 0.00846. The molecule has 39 heavy (non-hydrogen) atoms.